The number of benzene rings is 2. The van der Waals surface area contributed by atoms with Gasteiger partial charge in [0, 0.05) is 17.1 Å². The average molecular weight is 278 g/mol. The number of fused-ring (bicyclic) bond motifs is 1. The van der Waals surface area contributed by atoms with Crippen molar-refractivity contribution in [1.82, 2.24) is 0 Å². The standard InChI is InChI=1S/C19H18O2/c1-12-8-4-5-9-15(12)19-16-10-6-7-11-17(16)21-14(3)18(19)13(2)20/h4-11,19H,1-3H3/t19-/m1/s1. The fourth-order valence-corrected chi connectivity index (χ4v) is 3.08. The summed E-state index contributed by atoms with van der Waals surface area (Å²) in [6, 6.07) is 16.2. The maximum atomic E-state index is 12.2. The van der Waals surface area contributed by atoms with Crippen LogP contribution in [0.15, 0.2) is 59.9 Å². The zero-order valence-corrected chi connectivity index (χ0v) is 12.5. The van der Waals surface area contributed by atoms with Crippen LogP contribution >= 0.6 is 0 Å². The summed E-state index contributed by atoms with van der Waals surface area (Å²) in [5, 5.41) is 0. The van der Waals surface area contributed by atoms with Crippen molar-refractivity contribution in [2.75, 3.05) is 0 Å². The SMILES string of the molecule is CC(=O)C1=C(C)Oc2ccccc2[C@H]1c1ccccc1C. The third-order valence-corrected chi connectivity index (χ3v) is 4.04. The molecule has 2 nitrogen and oxygen atoms in total. The van der Waals surface area contributed by atoms with Crippen LogP contribution in [0.25, 0.3) is 0 Å². The maximum Gasteiger partial charge on any atom is 0.160 e. The van der Waals surface area contributed by atoms with Crippen molar-refractivity contribution in [3.05, 3.63) is 76.6 Å². The predicted molar refractivity (Wildman–Crippen MR) is 83.5 cm³/mol. The Bertz CT molecular complexity index is 741. The number of carbonyl (C=O) groups is 1. The summed E-state index contributed by atoms with van der Waals surface area (Å²) in [4.78, 5) is 12.2. The Balaban J connectivity index is 2.28. The van der Waals surface area contributed by atoms with E-state index >= 15 is 0 Å². The summed E-state index contributed by atoms with van der Waals surface area (Å²) in [5.74, 6) is 1.56. The average Bonchev–Trinajstić information content (AvgIpc) is 2.46. The van der Waals surface area contributed by atoms with Crippen molar-refractivity contribution in [3.8, 4) is 5.75 Å². The first-order chi connectivity index (χ1) is 10.1. The van der Waals surface area contributed by atoms with Gasteiger partial charge in [-0.3, -0.25) is 4.79 Å². The number of allylic oxidation sites excluding steroid dienone is 2. The molecule has 21 heavy (non-hydrogen) atoms. The molecule has 0 radical (unpaired) electrons. The number of carbonyl (C=O) groups excluding carboxylic acids is 1. The molecule has 1 atom stereocenters. The highest BCUT2D eigenvalue weighted by molar-refractivity contribution is 5.97. The molecule has 0 aromatic heterocycles. The number of rotatable bonds is 2. The van der Waals surface area contributed by atoms with Gasteiger partial charge in [0.15, 0.2) is 5.78 Å². The lowest BCUT2D eigenvalue weighted by molar-refractivity contribution is -0.114. The molecule has 0 unspecified atom stereocenters. The molecule has 3 rings (SSSR count). The van der Waals surface area contributed by atoms with E-state index in [4.69, 9.17) is 4.74 Å². The minimum atomic E-state index is -0.0475. The van der Waals surface area contributed by atoms with E-state index in [1.54, 1.807) is 6.92 Å². The molecule has 0 amide bonds. The van der Waals surface area contributed by atoms with E-state index in [2.05, 4.69) is 19.1 Å². The van der Waals surface area contributed by atoms with E-state index < -0.39 is 0 Å². The van der Waals surface area contributed by atoms with Crippen molar-refractivity contribution >= 4 is 5.78 Å². The van der Waals surface area contributed by atoms with Crippen LogP contribution in [0.5, 0.6) is 5.75 Å². The van der Waals surface area contributed by atoms with Crippen molar-refractivity contribution in [2.45, 2.75) is 26.7 Å². The van der Waals surface area contributed by atoms with Crippen LogP contribution < -0.4 is 4.74 Å². The third-order valence-electron chi connectivity index (χ3n) is 4.04. The normalized spacial score (nSPS) is 17.2. The molecule has 1 aliphatic rings. The summed E-state index contributed by atoms with van der Waals surface area (Å²) >= 11 is 0. The Kier molecular flexibility index (Phi) is 3.38. The Morgan fingerprint density at radius 2 is 1.57 bits per heavy atom. The fourth-order valence-electron chi connectivity index (χ4n) is 3.08. The monoisotopic (exact) mass is 278 g/mol. The van der Waals surface area contributed by atoms with Gasteiger partial charge in [0.05, 0.1) is 0 Å². The molecule has 0 saturated heterocycles. The van der Waals surface area contributed by atoms with Gasteiger partial charge in [0.2, 0.25) is 0 Å². The van der Waals surface area contributed by atoms with Crippen molar-refractivity contribution < 1.29 is 9.53 Å². The van der Waals surface area contributed by atoms with Crippen LogP contribution in [0.4, 0.5) is 0 Å². The van der Waals surface area contributed by atoms with Gasteiger partial charge >= 0.3 is 0 Å². The van der Waals surface area contributed by atoms with E-state index in [1.807, 2.05) is 43.3 Å². The molecule has 106 valence electrons. The highest BCUT2D eigenvalue weighted by atomic mass is 16.5. The van der Waals surface area contributed by atoms with Crippen LogP contribution in [-0.4, -0.2) is 5.78 Å². The van der Waals surface area contributed by atoms with E-state index in [1.165, 1.54) is 5.56 Å². The molecule has 1 aliphatic heterocycles. The van der Waals surface area contributed by atoms with Gasteiger partial charge in [-0.05, 0) is 38.0 Å². The third kappa shape index (κ3) is 2.27. The molecule has 2 aromatic rings. The van der Waals surface area contributed by atoms with Crippen molar-refractivity contribution in [2.24, 2.45) is 0 Å². The Hall–Kier alpha value is -2.35. The van der Waals surface area contributed by atoms with Crippen LogP contribution in [-0.2, 0) is 4.79 Å². The second-order valence-corrected chi connectivity index (χ2v) is 5.46. The molecule has 2 heteroatoms. The number of hydrogen-bond acceptors (Lipinski definition) is 2. The zero-order valence-electron chi connectivity index (χ0n) is 12.5. The first-order valence-electron chi connectivity index (χ1n) is 7.13. The van der Waals surface area contributed by atoms with Gasteiger partial charge in [-0.2, -0.15) is 0 Å². The molecular formula is C19H18O2. The lowest BCUT2D eigenvalue weighted by Gasteiger charge is -2.29. The fraction of sp³-hybridized carbons (Fsp3) is 0.211. The molecule has 0 bridgehead atoms. The molecule has 0 aliphatic carbocycles. The maximum absolute atomic E-state index is 12.2. The van der Waals surface area contributed by atoms with E-state index in [9.17, 15) is 4.79 Å². The number of hydrogen-bond donors (Lipinski definition) is 0. The molecule has 0 fully saturated rings. The summed E-state index contributed by atoms with van der Waals surface area (Å²) < 4.78 is 5.86. The van der Waals surface area contributed by atoms with E-state index in [0.717, 1.165) is 22.4 Å². The molecule has 0 spiro atoms. The van der Waals surface area contributed by atoms with Gasteiger partial charge in [-0.1, -0.05) is 42.5 Å². The minimum Gasteiger partial charge on any atom is -0.461 e. The van der Waals surface area contributed by atoms with Crippen LogP contribution in [0, 0.1) is 6.92 Å². The summed E-state index contributed by atoms with van der Waals surface area (Å²) in [5.41, 5.74) is 4.16. The van der Waals surface area contributed by atoms with Crippen molar-refractivity contribution in [1.29, 1.82) is 0 Å². The van der Waals surface area contributed by atoms with Gasteiger partial charge in [-0.15, -0.1) is 0 Å². The number of para-hydroxylation sites is 1. The highest BCUT2D eigenvalue weighted by Gasteiger charge is 2.32. The smallest absolute Gasteiger partial charge is 0.160 e. The molecule has 0 N–H and O–H groups in total. The number of ketones is 1. The lowest BCUT2D eigenvalue weighted by Crippen LogP contribution is -2.20. The molecular weight excluding hydrogens is 260 g/mol. The topological polar surface area (TPSA) is 26.3 Å². The predicted octanol–water partition coefficient (Wildman–Crippen LogP) is 4.38. The highest BCUT2D eigenvalue weighted by Crippen LogP contribution is 2.43. The van der Waals surface area contributed by atoms with Gasteiger partial charge in [-0.25, -0.2) is 0 Å². The lowest BCUT2D eigenvalue weighted by atomic mass is 9.79. The van der Waals surface area contributed by atoms with Crippen molar-refractivity contribution in [3.63, 3.8) is 0 Å². The number of Topliss-reactive ketones (excluding diaryl/α,β-unsaturated/α-hetero) is 1. The summed E-state index contributed by atoms with van der Waals surface area (Å²) in [6.45, 7) is 5.57. The quantitative estimate of drug-likeness (QED) is 0.814. The second-order valence-electron chi connectivity index (χ2n) is 5.46. The van der Waals surface area contributed by atoms with Gasteiger partial charge in [0.25, 0.3) is 0 Å². The summed E-state index contributed by atoms with van der Waals surface area (Å²) in [6.07, 6.45) is 0. The Morgan fingerprint density at radius 3 is 2.24 bits per heavy atom. The minimum absolute atomic E-state index is 0.0475. The van der Waals surface area contributed by atoms with E-state index in [0.29, 0.717) is 5.76 Å². The molecule has 0 saturated carbocycles. The van der Waals surface area contributed by atoms with Gasteiger partial charge in [0.1, 0.15) is 11.5 Å². The first-order valence-corrected chi connectivity index (χ1v) is 7.13. The first kappa shape index (κ1) is 13.6. The molecule has 1 heterocycles. The van der Waals surface area contributed by atoms with E-state index in [-0.39, 0.29) is 11.7 Å². The second kappa shape index (κ2) is 5.21. The van der Waals surface area contributed by atoms with Gasteiger partial charge < -0.3 is 4.74 Å². The Morgan fingerprint density at radius 1 is 0.952 bits per heavy atom. The van der Waals surface area contributed by atoms with Crippen LogP contribution in [0.3, 0.4) is 0 Å². The largest absolute Gasteiger partial charge is 0.461 e. The zero-order chi connectivity index (χ0) is 15.0. The number of ether oxygens (including phenoxy) is 1. The van der Waals surface area contributed by atoms with Crippen LogP contribution in [0.1, 0.15) is 36.5 Å². The number of aryl methyl sites for hydroxylation is 1. The molecule has 2 aromatic carbocycles. The Labute approximate surface area is 125 Å². The summed E-state index contributed by atoms with van der Waals surface area (Å²) in [7, 11) is 0. The van der Waals surface area contributed by atoms with Crippen LogP contribution in [0.2, 0.25) is 0 Å².